The zero-order chi connectivity index (χ0) is 26.7. The van der Waals surface area contributed by atoms with Crippen LogP contribution in [0.15, 0.2) is 118 Å². The molecule has 0 amide bonds. The van der Waals surface area contributed by atoms with Gasteiger partial charge in [-0.25, -0.2) is 0 Å². The smallest absolute Gasteiger partial charge is 0.199 e. The lowest BCUT2D eigenvalue weighted by Gasteiger charge is -2.20. The molecule has 38 heavy (non-hydrogen) atoms. The lowest BCUT2D eigenvalue weighted by Crippen LogP contribution is -2.13. The molecule has 4 aromatic carbocycles. The maximum Gasteiger partial charge on any atom is 0.284 e. The SMILES string of the molecule is Cc1ccc(SC(Sc2ccc(C)cc2)c2ccccc2-c2cn(S(=O)(=O)c3ccc(C)cc3)nn2)cc1. The van der Waals surface area contributed by atoms with Crippen LogP contribution in [0, 0.1) is 20.8 Å². The summed E-state index contributed by atoms with van der Waals surface area (Å²) in [6.07, 6.45) is 1.50. The van der Waals surface area contributed by atoms with E-state index in [9.17, 15) is 8.42 Å². The quantitative estimate of drug-likeness (QED) is 0.144. The fraction of sp³-hybridized carbons (Fsp3) is 0.133. The Morgan fingerprint density at radius 2 is 1.18 bits per heavy atom. The van der Waals surface area contributed by atoms with Gasteiger partial charge in [-0.2, -0.15) is 8.42 Å². The Kier molecular flexibility index (Phi) is 7.74. The van der Waals surface area contributed by atoms with E-state index < -0.39 is 10.0 Å². The van der Waals surface area contributed by atoms with E-state index in [4.69, 9.17) is 0 Å². The van der Waals surface area contributed by atoms with E-state index >= 15 is 0 Å². The van der Waals surface area contributed by atoms with Crippen molar-refractivity contribution in [1.29, 1.82) is 0 Å². The Morgan fingerprint density at radius 1 is 0.684 bits per heavy atom. The molecule has 0 bridgehead atoms. The fourth-order valence-corrected chi connectivity index (χ4v) is 7.55. The number of hydrogen-bond donors (Lipinski definition) is 0. The fourth-order valence-electron chi connectivity index (χ4n) is 3.88. The third-order valence-corrected chi connectivity index (χ3v) is 10.2. The van der Waals surface area contributed by atoms with Gasteiger partial charge in [-0.1, -0.05) is 82.6 Å². The molecule has 1 aromatic heterocycles. The van der Waals surface area contributed by atoms with E-state index in [1.807, 2.05) is 25.1 Å². The third kappa shape index (κ3) is 5.88. The molecule has 5 aromatic rings. The summed E-state index contributed by atoms with van der Waals surface area (Å²) < 4.78 is 27.3. The van der Waals surface area contributed by atoms with Crippen LogP contribution in [0.4, 0.5) is 0 Å². The van der Waals surface area contributed by atoms with E-state index in [2.05, 4.69) is 78.8 Å². The summed E-state index contributed by atoms with van der Waals surface area (Å²) in [7, 11) is -3.85. The summed E-state index contributed by atoms with van der Waals surface area (Å²) >= 11 is 3.52. The Hall–Kier alpha value is -3.33. The van der Waals surface area contributed by atoms with Crippen LogP contribution in [0.2, 0.25) is 0 Å². The number of rotatable bonds is 8. The van der Waals surface area contributed by atoms with Crippen molar-refractivity contribution in [3.8, 4) is 11.3 Å². The summed E-state index contributed by atoms with van der Waals surface area (Å²) in [5.41, 5.74) is 5.81. The van der Waals surface area contributed by atoms with Gasteiger partial charge in [-0.3, -0.25) is 0 Å². The van der Waals surface area contributed by atoms with Crippen molar-refractivity contribution in [3.63, 3.8) is 0 Å². The van der Waals surface area contributed by atoms with Gasteiger partial charge in [0.05, 0.1) is 15.7 Å². The highest BCUT2D eigenvalue weighted by atomic mass is 32.2. The average Bonchev–Trinajstić information content (AvgIpc) is 3.42. The largest absolute Gasteiger partial charge is 0.284 e. The summed E-state index contributed by atoms with van der Waals surface area (Å²) in [5, 5.41) is 8.31. The molecule has 5 nitrogen and oxygen atoms in total. The molecule has 5 rings (SSSR count). The lowest BCUT2D eigenvalue weighted by molar-refractivity contribution is 0.577. The van der Waals surface area contributed by atoms with E-state index in [0.717, 1.165) is 30.6 Å². The van der Waals surface area contributed by atoms with Crippen molar-refractivity contribution in [3.05, 3.63) is 126 Å². The van der Waals surface area contributed by atoms with Crippen LogP contribution in [-0.2, 0) is 10.0 Å². The van der Waals surface area contributed by atoms with Crippen LogP contribution in [0.5, 0.6) is 0 Å². The van der Waals surface area contributed by atoms with Crippen LogP contribution in [0.25, 0.3) is 11.3 Å². The molecule has 0 N–H and O–H groups in total. The predicted molar refractivity (Wildman–Crippen MR) is 156 cm³/mol. The van der Waals surface area contributed by atoms with Crippen LogP contribution in [-0.4, -0.2) is 22.8 Å². The van der Waals surface area contributed by atoms with E-state index in [-0.39, 0.29) is 9.48 Å². The molecule has 0 aliphatic heterocycles. The number of aromatic nitrogens is 3. The first-order chi connectivity index (χ1) is 18.3. The first-order valence-electron chi connectivity index (χ1n) is 12.1. The molecule has 8 heteroatoms. The number of benzene rings is 4. The minimum absolute atomic E-state index is 0.00420. The molecule has 0 spiro atoms. The Morgan fingerprint density at radius 3 is 1.74 bits per heavy atom. The molecule has 0 saturated heterocycles. The highest BCUT2D eigenvalue weighted by Gasteiger charge is 2.23. The van der Waals surface area contributed by atoms with Gasteiger partial charge in [0.15, 0.2) is 0 Å². The third-order valence-electron chi connectivity index (χ3n) is 6.06. The predicted octanol–water partition coefficient (Wildman–Crippen LogP) is 7.69. The Labute approximate surface area is 232 Å². The van der Waals surface area contributed by atoms with Gasteiger partial charge in [0.25, 0.3) is 10.0 Å². The Bertz CT molecular complexity index is 1600. The molecule has 1 heterocycles. The first-order valence-corrected chi connectivity index (χ1v) is 15.3. The van der Waals surface area contributed by atoms with Crippen molar-refractivity contribution >= 4 is 33.5 Å². The molecule has 0 fully saturated rings. The van der Waals surface area contributed by atoms with Gasteiger partial charge in [0.2, 0.25) is 0 Å². The van der Waals surface area contributed by atoms with Gasteiger partial charge >= 0.3 is 0 Å². The number of nitrogens with zero attached hydrogens (tertiary/aromatic N) is 3. The zero-order valence-corrected chi connectivity index (χ0v) is 23.7. The summed E-state index contributed by atoms with van der Waals surface area (Å²) in [5.74, 6) is 0. The van der Waals surface area contributed by atoms with Crippen molar-refractivity contribution in [2.45, 2.75) is 40.0 Å². The topological polar surface area (TPSA) is 64.8 Å². The second-order valence-corrected chi connectivity index (χ2v) is 13.5. The van der Waals surface area contributed by atoms with Crippen molar-refractivity contribution in [2.75, 3.05) is 0 Å². The monoisotopic (exact) mass is 557 g/mol. The molecule has 0 unspecified atom stereocenters. The van der Waals surface area contributed by atoms with Crippen molar-refractivity contribution in [1.82, 2.24) is 14.4 Å². The number of hydrogen-bond acceptors (Lipinski definition) is 6. The Balaban J connectivity index is 1.53. The minimum Gasteiger partial charge on any atom is -0.199 e. The average molecular weight is 558 g/mol. The molecule has 0 aliphatic carbocycles. The van der Waals surface area contributed by atoms with Gasteiger partial charge in [0.1, 0.15) is 5.69 Å². The van der Waals surface area contributed by atoms with Gasteiger partial charge in [0, 0.05) is 15.4 Å². The van der Waals surface area contributed by atoms with Gasteiger partial charge in [-0.05, 0) is 62.7 Å². The summed E-state index contributed by atoms with van der Waals surface area (Å²) in [6.45, 7) is 6.08. The maximum atomic E-state index is 13.2. The van der Waals surface area contributed by atoms with Gasteiger partial charge < -0.3 is 0 Å². The molecule has 0 radical (unpaired) electrons. The van der Waals surface area contributed by atoms with E-state index in [1.165, 1.54) is 17.3 Å². The number of aryl methyl sites for hydroxylation is 3. The normalized spacial score (nSPS) is 11.7. The zero-order valence-electron chi connectivity index (χ0n) is 21.3. The van der Waals surface area contributed by atoms with Crippen molar-refractivity contribution in [2.24, 2.45) is 0 Å². The summed E-state index contributed by atoms with van der Waals surface area (Å²) in [4.78, 5) is 2.48. The van der Waals surface area contributed by atoms with Crippen LogP contribution in [0.3, 0.4) is 0 Å². The highest BCUT2D eigenvalue weighted by molar-refractivity contribution is 8.16. The second-order valence-electron chi connectivity index (χ2n) is 9.08. The molecular weight excluding hydrogens is 531 g/mol. The lowest BCUT2D eigenvalue weighted by atomic mass is 10.1. The molecular formula is C30H27N3O2S3. The minimum atomic E-state index is -3.85. The maximum absolute atomic E-state index is 13.2. The highest BCUT2D eigenvalue weighted by Crippen LogP contribution is 2.49. The van der Waals surface area contributed by atoms with Gasteiger partial charge in [-0.15, -0.1) is 32.7 Å². The van der Waals surface area contributed by atoms with E-state index in [1.54, 1.807) is 47.8 Å². The van der Waals surface area contributed by atoms with Crippen LogP contribution >= 0.6 is 23.5 Å². The van der Waals surface area contributed by atoms with Crippen molar-refractivity contribution < 1.29 is 8.42 Å². The molecule has 0 atom stereocenters. The molecule has 192 valence electrons. The summed E-state index contributed by atoms with van der Waals surface area (Å²) in [6, 6.07) is 31.7. The second kappa shape index (κ2) is 11.2. The van der Waals surface area contributed by atoms with E-state index in [0.29, 0.717) is 5.69 Å². The molecule has 0 saturated carbocycles. The van der Waals surface area contributed by atoms with Crippen LogP contribution in [0.1, 0.15) is 26.8 Å². The molecule has 0 aliphatic rings. The number of thioether (sulfide) groups is 2. The van der Waals surface area contributed by atoms with Crippen LogP contribution < -0.4 is 0 Å². The first kappa shape index (κ1) is 26.3. The standard InChI is InChI=1S/C30H27N3O2S3/c1-21-8-14-24(15-9-21)36-30(37-25-16-10-22(2)11-17-25)28-7-5-4-6-27(28)29-20-33(32-31-29)38(34,35)26-18-12-23(3)13-19-26/h4-20,30H,1-3H3.